The molecule has 0 bridgehead atoms. The minimum absolute atomic E-state index is 0.116. The van der Waals surface area contributed by atoms with Crippen molar-refractivity contribution < 1.29 is 4.79 Å². The van der Waals surface area contributed by atoms with Gasteiger partial charge < -0.3 is 0 Å². The first-order valence-corrected chi connectivity index (χ1v) is 6.59. The van der Waals surface area contributed by atoms with Crippen LogP contribution in [0.5, 0.6) is 0 Å². The summed E-state index contributed by atoms with van der Waals surface area (Å²) in [5.41, 5.74) is 8.14. The number of carbonyl (C=O) groups is 1. The fraction of sp³-hybridized carbons (Fsp3) is 0.278. The average Bonchev–Trinajstić information content (AvgIpc) is 2.34. The molecule has 0 amide bonds. The van der Waals surface area contributed by atoms with Crippen molar-refractivity contribution in [1.29, 1.82) is 0 Å². The first-order chi connectivity index (χ1) is 8.88. The zero-order valence-corrected chi connectivity index (χ0v) is 12.3. The van der Waals surface area contributed by atoms with Crippen LogP contribution in [-0.2, 0) is 0 Å². The minimum Gasteiger partial charge on any atom is -0.295 e. The van der Waals surface area contributed by atoms with E-state index in [0.717, 1.165) is 16.7 Å². The summed E-state index contributed by atoms with van der Waals surface area (Å²) in [6.45, 7) is 10.1. The van der Waals surface area contributed by atoms with Gasteiger partial charge in [0.05, 0.1) is 0 Å². The molecule has 0 N–H and O–H groups in total. The molecule has 0 aliphatic heterocycles. The number of hydrogen-bond donors (Lipinski definition) is 0. The van der Waals surface area contributed by atoms with E-state index in [2.05, 4.69) is 39.0 Å². The Morgan fingerprint density at radius 2 is 1.32 bits per heavy atom. The van der Waals surface area contributed by atoms with Gasteiger partial charge in [0, 0.05) is 5.56 Å². The lowest BCUT2D eigenvalue weighted by Gasteiger charge is -2.11. The van der Waals surface area contributed by atoms with Crippen LogP contribution in [0.15, 0.2) is 30.3 Å². The molecule has 0 unspecified atom stereocenters. The molecule has 0 saturated carbocycles. The number of aryl methyl sites for hydroxylation is 3. The molecule has 0 spiro atoms. The average molecular weight is 252 g/mol. The van der Waals surface area contributed by atoms with Crippen molar-refractivity contribution in [2.75, 3.05) is 0 Å². The van der Waals surface area contributed by atoms with Gasteiger partial charge >= 0.3 is 0 Å². The number of carbonyl (C=O) groups excluding carboxylic acids is 1. The highest BCUT2D eigenvalue weighted by Crippen LogP contribution is 2.26. The predicted octanol–water partition coefficient (Wildman–Crippen LogP) is 4.79. The Morgan fingerprint density at radius 3 is 1.84 bits per heavy atom. The van der Waals surface area contributed by atoms with E-state index in [1.165, 1.54) is 22.3 Å². The molecule has 0 aliphatic carbocycles. The minimum atomic E-state index is 0.116. The quantitative estimate of drug-likeness (QED) is 0.702. The summed E-state index contributed by atoms with van der Waals surface area (Å²) in [5.74, 6) is 0.116. The molecule has 2 aromatic rings. The van der Waals surface area contributed by atoms with Crippen molar-refractivity contribution in [2.45, 2.75) is 34.6 Å². The predicted molar refractivity (Wildman–Crippen MR) is 80.8 cm³/mol. The lowest BCUT2D eigenvalue weighted by Crippen LogP contribution is -1.95. The van der Waals surface area contributed by atoms with E-state index in [-0.39, 0.29) is 5.78 Å². The summed E-state index contributed by atoms with van der Waals surface area (Å²) in [4.78, 5) is 11.6. The Morgan fingerprint density at radius 1 is 0.789 bits per heavy atom. The number of benzene rings is 2. The molecule has 2 rings (SSSR count). The Labute approximate surface area is 115 Å². The number of hydrogen-bond acceptors (Lipinski definition) is 1. The van der Waals surface area contributed by atoms with E-state index in [9.17, 15) is 4.79 Å². The monoisotopic (exact) mass is 252 g/mol. The summed E-state index contributed by atoms with van der Waals surface area (Å²) in [6, 6.07) is 10.5. The van der Waals surface area contributed by atoms with E-state index in [1.54, 1.807) is 6.92 Å². The number of ketones is 1. The van der Waals surface area contributed by atoms with Crippen LogP contribution in [0.4, 0.5) is 0 Å². The molecule has 1 heteroatoms. The van der Waals surface area contributed by atoms with Crippen LogP contribution in [0, 0.1) is 27.7 Å². The highest BCUT2D eigenvalue weighted by Gasteiger charge is 2.07. The van der Waals surface area contributed by atoms with Crippen molar-refractivity contribution in [1.82, 2.24) is 0 Å². The molecule has 0 heterocycles. The first kappa shape index (κ1) is 13.5. The fourth-order valence-corrected chi connectivity index (χ4v) is 2.36. The van der Waals surface area contributed by atoms with Crippen LogP contribution in [0.1, 0.15) is 39.5 Å². The van der Waals surface area contributed by atoms with Gasteiger partial charge in [0.2, 0.25) is 0 Å². The van der Waals surface area contributed by atoms with Crippen LogP contribution in [-0.4, -0.2) is 5.78 Å². The Kier molecular flexibility index (Phi) is 3.57. The number of rotatable bonds is 2. The standard InChI is InChI=1S/C18H20O/c1-11-6-16(15(5)19)10-17(7-11)18-8-12(2)14(4)13(3)9-18/h6-10H,1-5H3. The van der Waals surface area contributed by atoms with Crippen molar-refractivity contribution in [2.24, 2.45) is 0 Å². The zero-order valence-electron chi connectivity index (χ0n) is 12.3. The Hall–Kier alpha value is -1.89. The fourth-order valence-electron chi connectivity index (χ4n) is 2.36. The van der Waals surface area contributed by atoms with Crippen molar-refractivity contribution in [3.05, 3.63) is 58.1 Å². The molecule has 0 aliphatic rings. The van der Waals surface area contributed by atoms with Crippen molar-refractivity contribution in [3.8, 4) is 11.1 Å². The summed E-state index contributed by atoms with van der Waals surface area (Å²) in [5, 5.41) is 0. The van der Waals surface area contributed by atoms with Gasteiger partial charge in [0.15, 0.2) is 5.78 Å². The molecule has 1 nitrogen and oxygen atoms in total. The zero-order chi connectivity index (χ0) is 14.2. The Balaban J connectivity index is 2.62. The smallest absolute Gasteiger partial charge is 0.159 e. The van der Waals surface area contributed by atoms with Gasteiger partial charge in [-0.25, -0.2) is 0 Å². The topological polar surface area (TPSA) is 17.1 Å². The third-order valence-electron chi connectivity index (χ3n) is 3.74. The third-order valence-corrected chi connectivity index (χ3v) is 3.74. The van der Waals surface area contributed by atoms with Gasteiger partial charge in [0.25, 0.3) is 0 Å². The highest BCUT2D eigenvalue weighted by molar-refractivity contribution is 5.95. The van der Waals surface area contributed by atoms with Crippen LogP contribution < -0.4 is 0 Å². The van der Waals surface area contributed by atoms with E-state index in [4.69, 9.17) is 0 Å². The van der Waals surface area contributed by atoms with Gasteiger partial charge in [0.1, 0.15) is 0 Å². The second-order valence-corrected chi connectivity index (χ2v) is 5.38. The van der Waals surface area contributed by atoms with E-state index in [0.29, 0.717) is 0 Å². The maximum absolute atomic E-state index is 11.6. The summed E-state index contributed by atoms with van der Waals surface area (Å²) < 4.78 is 0. The molecule has 19 heavy (non-hydrogen) atoms. The maximum Gasteiger partial charge on any atom is 0.159 e. The molecule has 98 valence electrons. The van der Waals surface area contributed by atoms with Crippen molar-refractivity contribution in [3.63, 3.8) is 0 Å². The normalized spacial score (nSPS) is 10.6. The maximum atomic E-state index is 11.6. The lowest BCUT2D eigenvalue weighted by molar-refractivity contribution is 0.101. The molecule has 0 aromatic heterocycles. The van der Waals surface area contributed by atoms with Gasteiger partial charge in [-0.05, 0) is 80.1 Å². The SMILES string of the molecule is CC(=O)c1cc(C)cc(-c2cc(C)c(C)c(C)c2)c1. The second-order valence-electron chi connectivity index (χ2n) is 5.38. The summed E-state index contributed by atoms with van der Waals surface area (Å²) in [7, 11) is 0. The molecule has 0 radical (unpaired) electrons. The van der Waals surface area contributed by atoms with E-state index in [1.807, 2.05) is 19.1 Å². The van der Waals surface area contributed by atoms with Gasteiger partial charge in [-0.3, -0.25) is 4.79 Å². The van der Waals surface area contributed by atoms with Gasteiger partial charge in [-0.1, -0.05) is 18.2 Å². The van der Waals surface area contributed by atoms with E-state index < -0.39 is 0 Å². The molecule has 0 atom stereocenters. The highest BCUT2D eigenvalue weighted by atomic mass is 16.1. The largest absolute Gasteiger partial charge is 0.295 e. The third kappa shape index (κ3) is 2.76. The Bertz CT molecular complexity index is 628. The first-order valence-electron chi connectivity index (χ1n) is 6.59. The van der Waals surface area contributed by atoms with Crippen LogP contribution >= 0.6 is 0 Å². The lowest BCUT2D eigenvalue weighted by atomic mass is 9.94. The van der Waals surface area contributed by atoms with E-state index >= 15 is 0 Å². The molecular weight excluding hydrogens is 232 g/mol. The molecule has 0 fully saturated rings. The van der Waals surface area contributed by atoms with Crippen LogP contribution in [0.2, 0.25) is 0 Å². The second kappa shape index (κ2) is 5.00. The summed E-state index contributed by atoms with van der Waals surface area (Å²) in [6.07, 6.45) is 0. The molecule has 0 saturated heterocycles. The number of Topliss-reactive ketones (excluding diaryl/α,β-unsaturated/α-hetero) is 1. The van der Waals surface area contributed by atoms with Crippen molar-refractivity contribution >= 4 is 5.78 Å². The van der Waals surface area contributed by atoms with Gasteiger partial charge in [-0.15, -0.1) is 0 Å². The van der Waals surface area contributed by atoms with Crippen LogP contribution in [0.25, 0.3) is 11.1 Å². The van der Waals surface area contributed by atoms with Gasteiger partial charge in [-0.2, -0.15) is 0 Å². The molecular formula is C18H20O. The summed E-state index contributed by atoms with van der Waals surface area (Å²) >= 11 is 0. The van der Waals surface area contributed by atoms with Crippen LogP contribution in [0.3, 0.4) is 0 Å². The molecule has 2 aromatic carbocycles.